The van der Waals surface area contributed by atoms with Crippen LogP contribution in [0.5, 0.6) is 0 Å². The minimum absolute atomic E-state index is 0.310. The van der Waals surface area contributed by atoms with Gasteiger partial charge in [0.1, 0.15) is 6.54 Å². The second kappa shape index (κ2) is 9.52. The number of carbonyl (C=O) groups excluding carboxylic acids is 3. The molecule has 0 saturated heterocycles. The standard InChI is InChI=1S/C21H24N2O4/c1-4-16-12-8-9-14(2)19(16)23-20(25)15(3)27-18(24)13-22-21(26)17-10-6-5-7-11-17/h5-12,15H,4,13H2,1-3H3,(H,22,26)(H,23,25)/t15-/m0/s1. The summed E-state index contributed by atoms with van der Waals surface area (Å²) in [5.74, 6) is -1.47. The summed E-state index contributed by atoms with van der Waals surface area (Å²) < 4.78 is 5.12. The molecule has 2 aromatic carbocycles. The fourth-order valence-corrected chi connectivity index (χ4v) is 2.56. The van der Waals surface area contributed by atoms with Gasteiger partial charge in [0.05, 0.1) is 0 Å². The molecule has 0 heterocycles. The summed E-state index contributed by atoms with van der Waals surface area (Å²) in [6.07, 6.45) is -0.202. The Kier molecular flexibility index (Phi) is 7.11. The molecule has 2 N–H and O–H groups in total. The van der Waals surface area contributed by atoms with E-state index in [4.69, 9.17) is 4.74 Å². The van der Waals surface area contributed by atoms with Crippen LogP contribution in [-0.4, -0.2) is 30.4 Å². The van der Waals surface area contributed by atoms with E-state index in [-0.39, 0.29) is 12.5 Å². The number of benzene rings is 2. The van der Waals surface area contributed by atoms with Crippen molar-refractivity contribution in [2.24, 2.45) is 0 Å². The molecule has 0 aromatic heterocycles. The van der Waals surface area contributed by atoms with E-state index in [1.165, 1.54) is 6.92 Å². The van der Waals surface area contributed by atoms with Gasteiger partial charge in [-0.1, -0.05) is 43.3 Å². The van der Waals surface area contributed by atoms with Crippen LogP contribution >= 0.6 is 0 Å². The van der Waals surface area contributed by atoms with Crippen molar-refractivity contribution in [3.05, 3.63) is 65.2 Å². The van der Waals surface area contributed by atoms with Crippen molar-refractivity contribution >= 4 is 23.5 Å². The number of aryl methyl sites for hydroxylation is 2. The summed E-state index contributed by atoms with van der Waals surface area (Å²) in [5, 5.41) is 5.30. The lowest BCUT2D eigenvalue weighted by Gasteiger charge is -2.17. The summed E-state index contributed by atoms with van der Waals surface area (Å²) in [7, 11) is 0. The molecule has 0 aliphatic carbocycles. The van der Waals surface area contributed by atoms with Crippen LogP contribution in [0, 0.1) is 6.92 Å². The first kappa shape index (κ1) is 20.2. The number of anilines is 1. The monoisotopic (exact) mass is 368 g/mol. The highest BCUT2D eigenvalue weighted by Crippen LogP contribution is 2.21. The molecular weight excluding hydrogens is 344 g/mol. The maximum absolute atomic E-state index is 12.4. The first-order valence-electron chi connectivity index (χ1n) is 8.84. The largest absolute Gasteiger partial charge is 0.451 e. The van der Waals surface area contributed by atoms with Gasteiger partial charge in [0.15, 0.2) is 6.10 Å². The quantitative estimate of drug-likeness (QED) is 0.736. The van der Waals surface area contributed by atoms with Gasteiger partial charge >= 0.3 is 5.97 Å². The topological polar surface area (TPSA) is 84.5 Å². The third kappa shape index (κ3) is 5.67. The van der Waals surface area contributed by atoms with Crippen molar-refractivity contribution in [3.8, 4) is 0 Å². The van der Waals surface area contributed by atoms with Crippen LogP contribution in [0.1, 0.15) is 35.3 Å². The smallest absolute Gasteiger partial charge is 0.326 e. The number of hydrogen-bond acceptors (Lipinski definition) is 4. The Morgan fingerprint density at radius 2 is 1.74 bits per heavy atom. The number of hydrogen-bond donors (Lipinski definition) is 2. The fraction of sp³-hybridized carbons (Fsp3) is 0.286. The van der Waals surface area contributed by atoms with E-state index >= 15 is 0 Å². The molecule has 2 aromatic rings. The molecule has 0 unspecified atom stereocenters. The van der Waals surface area contributed by atoms with Crippen molar-refractivity contribution in [2.75, 3.05) is 11.9 Å². The van der Waals surface area contributed by atoms with E-state index < -0.39 is 18.0 Å². The van der Waals surface area contributed by atoms with Crippen LogP contribution in [-0.2, 0) is 20.7 Å². The summed E-state index contributed by atoms with van der Waals surface area (Å²) in [6.45, 7) is 5.10. The van der Waals surface area contributed by atoms with Crippen LogP contribution in [0.4, 0.5) is 5.69 Å². The number of amides is 2. The zero-order chi connectivity index (χ0) is 19.8. The molecule has 1 atom stereocenters. The molecule has 27 heavy (non-hydrogen) atoms. The maximum atomic E-state index is 12.4. The van der Waals surface area contributed by atoms with Gasteiger partial charge in [0.25, 0.3) is 11.8 Å². The van der Waals surface area contributed by atoms with E-state index in [0.29, 0.717) is 5.56 Å². The first-order chi connectivity index (χ1) is 12.9. The van der Waals surface area contributed by atoms with Gasteiger partial charge in [-0.25, -0.2) is 0 Å². The predicted molar refractivity (Wildman–Crippen MR) is 104 cm³/mol. The fourth-order valence-electron chi connectivity index (χ4n) is 2.56. The predicted octanol–water partition coefficient (Wildman–Crippen LogP) is 2.86. The summed E-state index contributed by atoms with van der Waals surface area (Å²) >= 11 is 0. The molecule has 2 rings (SSSR count). The van der Waals surface area contributed by atoms with Gasteiger partial charge in [0.2, 0.25) is 0 Å². The molecule has 2 amide bonds. The molecule has 0 aliphatic rings. The van der Waals surface area contributed by atoms with Gasteiger partial charge in [-0.3, -0.25) is 14.4 Å². The minimum atomic E-state index is -0.976. The van der Waals surface area contributed by atoms with Crippen LogP contribution in [0.2, 0.25) is 0 Å². The normalized spacial score (nSPS) is 11.4. The zero-order valence-electron chi connectivity index (χ0n) is 15.7. The van der Waals surface area contributed by atoms with Gasteiger partial charge in [0, 0.05) is 11.3 Å². The maximum Gasteiger partial charge on any atom is 0.326 e. The molecule has 6 nitrogen and oxygen atoms in total. The van der Waals surface area contributed by atoms with E-state index in [0.717, 1.165) is 23.2 Å². The number of esters is 1. The van der Waals surface area contributed by atoms with E-state index in [2.05, 4.69) is 10.6 Å². The first-order valence-corrected chi connectivity index (χ1v) is 8.84. The lowest BCUT2D eigenvalue weighted by molar-refractivity contribution is -0.152. The summed E-state index contributed by atoms with van der Waals surface area (Å²) in [4.78, 5) is 36.2. The van der Waals surface area contributed by atoms with E-state index in [1.807, 2.05) is 32.0 Å². The lowest BCUT2D eigenvalue weighted by Crippen LogP contribution is -2.36. The van der Waals surface area contributed by atoms with Crippen molar-refractivity contribution < 1.29 is 19.1 Å². The van der Waals surface area contributed by atoms with Crippen molar-refractivity contribution in [1.29, 1.82) is 0 Å². The Hall–Kier alpha value is -3.15. The van der Waals surface area contributed by atoms with Crippen molar-refractivity contribution in [3.63, 3.8) is 0 Å². The van der Waals surface area contributed by atoms with Crippen LogP contribution in [0.15, 0.2) is 48.5 Å². The van der Waals surface area contributed by atoms with Crippen molar-refractivity contribution in [2.45, 2.75) is 33.3 Å². The molecule has 0 aliphatic heterocycles. The molecule has 0 bridgehead atoms. The Balaban J connectivity index is 1.87. The second-order valence-corrected chi connectivity index (χ2v) is 6.13. The molecule has 142 valence electrons. The van der Waals surface area contributed by atoms with Crippen LogP contribution in [0.25, 0.3) is 0 Å². The number of para-hydroxylation sites is 1. The third-order valence-corrected chi connectivity index (χ3v) is 4.09. The SMILES string of the molecule is CCc1cccc(C)c1NC(=O)[C@H](C)OC(=O)CNC(=O)c1ccccc1. The molecular formula is C21H24N2O4. The number of ether oxygens (including phenoxy) is 1. The molecule has 0 spiro atoms. The average Bonchev–Trinajstić information content (AvgIpc) is 2.68. The Labute approximate surface area is 158 Å². The zero-order valence-corrected chi connectivity index (χ0v) is 15.7. The Morgan fingerprint density at radius 3 is 2.41 bits per heavy atom. The Bertz CT molecular complexity index is 818. The number of rotatable bonds is 7. The number of nitrogens with one attached hydrogen (secondary N) is 2. The lowest BCUT2D eigenvalue weighted by atomic mass is 10.1. The van der Waals surface area contributed by atoms with Gasteiger partial charge < -0.3 is 15.4 Å². The highest BCUT2D eigenvalue weighted by molar-refractivity contribution is 5.98. The highest BCUT2D eigenvalue weighted by Gasteiger charge is 2.20. The van der Waals surface area contributed by atoms with E-state index in [1.54, 1.807) is 30.3 Å². The third-order valence-electron chi connectivity index (χ3n) is 4.09. The average molecular weight is 368 g/mol. The minimum Gasteiger partial charge on any atom is -0.451 e. The van der Waals surface area contributed by atoms with E-state index in [9.17, 15) is 14.4 Å². The Morgan fingerprint density at radius 1 is 1.04 bits per heavy atom. The van der Waals surface area contributed by atoms with Gasteiger partial charge in [-0.2, -0.15) is 0 Å². The second-order valence-electron chi connectivity index (χ2n) is 6.13. The van der Waals surface area contributed by atoms with Gasteiger partial charge in [-0.05, 0) is 43.5 Å². The summed E-state index contributed by atoms with van der Waals surface area (Å²) in [6, 6.07) is 14.3. The molecule has 0 saturated carbocycles. The van der Waals surface area contributed by atoms with Crippen LogP contribution < -0.4 is 10.6 Å². The molecule has 0 fully saturated rings. The van der Waals surface area contributed by atoms with Gasteiger partial charge in [-0.15, -0.1) is 0 Å². The summed E-state index contributed by atoms with van der Waals surface area (Å²) in [5.41, 5.74) is 3.14. The highest BCUT2D eigenvalue weighted by atomic mass is 16.5. The molecule has 0 radical (unpaired) electrons. The number of carbonyl (C=O) groups is 3. The molecule has 6 heteroatoms. The van der Waals surface area contributed by atoms with Crippen LogP contribution in [0.3, 0.4) is 0 Å². The van der Waals surface area contributed by atoms with Crippen molar-refractivity contribution in [1.82, 2.24) is 5.32 Å².